The van der Waals surface area contributed by atoms with Crippen molar-refractivity contribution in [3.8, 4) is 11.3 Å². The first-order valence-corrected chi connectivity index (χ1v) is 6.39. The molecule has 0 spiro atoms. The fourth-order valence-electron chi connectivity index (χ4n) is 1.87. The zero-order chi connectivity index (χ0) is 16.4. The molecule has 3 rings (SSSR count). The molecule has 116 valence electrons. The quantitative estimate of drug-likeness (QED) is 0.389. The second kappa shape index (κ2) is 5.67. The molecule has 0 atom stereocenters. The van der Waals surface area contributed by atoms with Crippen LogP contribution >= 0.6 is 0 Å². The van der Waals surface area contributed by atoms with Crippen molar-refractivity contribution in [2.45, 2.75) is 0 Å². The molecule has 10 heteroatoms. The van der Waals surface area contributed by atoms with Crippen molar-refractivity contribution in [1.29, 1.82) is 0 Å². The van der Waals surface area contributed by atoms with Gasteiger partial charge >= 0.3 is 6.03 Å². The van der Waals surface area contributed by atoms with Crippen molar-refractivity contribution >= 4 is 23.8 Å². The maximum Gasteiger partial charge on any atom is 0.344 e. The molecule has 0 unspecified atom stereocenters. The minimum atomic E-state index is -0.617. The largest absolute Gasteiger partial charge is 0.435 e. The molecule has 3 amide bonds. The Labute approximate surface area is 128 Å². The van der Waals surface area contributed by atoms with Crippen molar-refractivity contribution in [1.82, 2.24) is 15.3 Å². The number of carbonyl (C=O) groups excluding carboxylic acids is 2. The van der Waals surface area contributed by atoms with E-state index in [2.05, 4.69) is 15.4 Å². The topological polar surface area (TPSA) is 131 Å². The summed E-state index contributed by atoms with van der Waals surface area (Å²) in [6, 6.07) is 5.16. The van der Waals surface area contributed by atoms with Crippen molar-refractivity contribution in [3.63, 3.8) is 0 Å². The Hall–Kier alpha value is -3.56. The Morgan fingerprint density at radius 3 is 2.70 bits per heavy atom. The third-order valence-electron chi connectivity index (χ3n) is 2.97. The Balaban J connectivity index is 1.74. The van der Waals surface area contributed by atoms with Crippen LogP contribution in [0.5, 0.6) is 0 Å². The van der Waals surface area contributed by atoms with Crippen molar-refractivity contribution in [2.24, 2.45) is 5.10 Å². The molecule has 1 aliphatic rings. The first-order valence-electron chi connectivity index (χ1n) is 6.39. The molecule has 0 bridgehead atoms. The summed E-state index contributed by atoms with van der Waals surface area (Å²) in [5.74, 6) is 0.0833. The van der Waals surface area contributed by atoms with E-state index in [1.165, 1.54) is 36.7 Å². The van der Waals surface area contributed by atoms with E-state index in [1.807, 2.05) is 0 Å². The van der Waals surface area contributed by atoms with Crippen LogP contribution in [0.4, 0.5) is 10.5 Å². The summed E-state index contributed by atoms with van der Waals surface area (Å²) in [6.07, 6.45) is 2.63. The number of non-ortho nitro benzene ring substituents is 1. The zero-order valence-corrected chi connectivity index (χ0v) is 11.5. The summed E-state index contributed by atoms with van der Waals surface area (Å²) >= 11 is 0. The fourth-order valence-corrected chi connectivity index (χ4v) is 1.87. The second-order valence-corrected chi connectivity index (χ2v) is 4.52. The summed E-state index contributed by atoms with van der Waals surface area (Å²) in [5, 5.41) is 17.4. The first kappa shape index (κ1) is 14.4. The number of imide groups is 1. The summed E-state index contributed by atoms with van der Waals surface area (Å²) < 4.78 is 5.42. The van der Waals surface area contributed by atoms with Crippen LogP contribution in [0.2, 0.25) is 0 Å². The Morgan fingerprint density at radius 2 is 2.09 bits per heavy atom. The predicted octanol–water partition coefficient (Wildman–Crippen LogP) is 1.14. The molecule has 1 aromatic heterocycles. The van der Waals surface area contributed by atoms with Crippen LogP contribution in [0.3, 0.4) is 0 Å². The van der Waals surface area contributed by atoms with E-state index in [1.54, 1.807) is 0 Å². The van der Waals surface area contributed by atoms with Gasteiger partial charge in [-0.15, -0.1) is 0 Å². The van der Waals surface area contributed by atoms with Gasteiger partial charge in [-0.3, -0.25) is 20.2 Å². The van der Waals surface area contributed by atoms with Gasteiger partial charge < -0.3 is 4.42 Å². The van der Waals surface area contributed by atoms with Gasteiger partial charge in [0.15, 0.2) is 5.76 Å². The van der Waals surface area contributed by atoms with E-state index in [0.29, 0.717) is 11.3 Å². The van der Waals surface area contributed by atoms with Crippen molar-refractivity contribution in [3.05, 3.63) is 46.5 Å². The molecule has 2 heterocycles. The van der Waals surface area contributed by atoms with Crippen LogP contribution in [0.1, 0.15) is 5.89 Å². The molecule has 1 aromatic carbocycles. The number of nitro groups is 1. The Bertz CT molecular complexity index is 810. The van der Waals surface area contributed by atoms with Gasteiger partial charge in [0.1, 0.15) is 12.8 Å². The number of benzene rings is 1. The lowest BCUT2D eigenvalue weighted by atomic mass is 10.2. The fraction of sp³-hybridized carbons (Fsp3) is 0.0769. The second-order valence-electron chi connectivity index (χ2n) is 4.52. The SMILES string of the molecule is O=C1CN(N=Cc2ncc(-c3ccc([N+](=O)[O-])cc3)o2)C(=O)N1. The third-order valence-corrected chi connectivity index (χ3v) is 2.97. The van der Waals surface area contributed by atoms with Gasteiger partial charge in [-0.2, -0.15) is 5.10 Å². The van der Waals surface area contributed by atoms with Crippen molar-refractivity contribution < 1.29 is 18.9 Å². The summed E-state index contributed by atoms with van der Waals surface area (Å²) in [4.78, 5) is 36.4. The molecular weight excluding hydrogens is 306 g/mol. The number of nitrogens with zero attached hydrogens (tertiary/aromatic N) is 4. The van der Waals surface area contributed by atoms with Gasteiger partial charge in [-0.05, 0) is 12.1 Å². The molecule has 10 nitrogen and oxygen atoms in total. The highest BCUT2D eigenvalue weighted by molar-refractivity contribution is 6.02. The Morgan fingerprint density at radius 1 is 1.35 bits per heavy atom. The van der Waals surface area contributed by atoms with Gasteiger partial charge in [-0.1, -0.05) is 0 Å². The molecule has 1 fully saturated rings. The lowest BCUT2D eigenvalue weighted by Crippen LogP contribution is -2.24. The molecule has 23 heavy (non-hydrogen) atoms. The molecule has 1 aliphatic heterocycles. The number of carbonyl (C=O) groups is 2. The standard InChI is InChI=1S/C13H9N5O5/c19-11-7-17(13(20)16-11)15-6-12-14-5-10(23-12)8-1-3-9(4-2-8)18(21)22/h1-6H,7H2,(H,16,19,20). The average Bonchev–Trinajstić information content (AvgIpc) is 3.11. The zero-order valence-electron chi connectivity index (χ0n) is 11.5. The lowest BCUT2D eigenvalue weighted by molar-refractivity contribution is -0.384. The maximum atomic E-state index is 11.3. The number of aromatic nitrogens is 1. The van der Waals surface area contributed by atoms with E-state index in [0.717, 1.165) is 5.01 Å². The number of hydrogen-bond donors (Lipinski definition) is 1. The van der Waals surface area contributed by atoms with Crippen LogP contribution in [0.25, 0.3) is 11.3 Å². The molecule has 1 N–H and O–H groups in total. The normalized spacial score (nSPS) is 14.5. The van der Waals surface area contributed by atoms with Crippen LogP contribution < -0.4 is 5.32 Å². The van der Waals surface area contributed by atoms with Gasteiger partial charge in [0.25, 0.3) is 5.69 Å². The molecular formula is C13H9N5O5. The van der Waals surface area contributed by atoms with Gasteiger partial charge in [0.2, 0.25) is 11.8 Å². The van der Waals surface area contributed by atoms with Gasteiger partial charge in [-0.25, -0.2) is 14.8 Å². The summed E-state index contributed by atoms with van der Waals surface area (Å²) in [7, 11) is 0. The predicted molar refractivity (Wildman–Crippen MR) is 76.4 cm³/mol. The van der Waals surface area contributed by atoms with E-state index >= 15 is 0 Å². The smallest absolute Gasteiger partial charge is 0.344 e. The molecule has 0 radical (unpaired) electrons. The minimum absolute atomic E-state index is 0.0280. The lowest BCUT2D eigenvalue weighted by Gasteiger charge is -2.02. The monoisotopic (exact) mass is 315 g/mol. The van der Waals surface area contributed by atoms with Crippen LogP contribution in [0, 0.1) is 10.1 Å². The highest BCUT2D eigenvalue weighted by Crippen LogP contribution is 2.22. The van der Waals surface area contributed by atoms with E-state index < -0.39 is 16.9 Å². The van der Waals surface area contributed by atoms with Crippen LogP contribution in [-0.2, 0) is 4.79 Å². The average molecular weight is 315 g/mol. The van der Waals surface area contributed by atoms with E-state index in [4.69, 9.17) is 4.42 Å². The maximum absolute atomic E-state index is 11.3. The molecule has 2 aromatic rings. The summed E-state index contributed by atoms with van der Waals surface area (Å²) in [5.41, 5.74) is 0.580. The first-order chi connectivity index (χ1) is 11.0. The number of nitrogens with one attached hydrogen (secondary N) is 1. The summed E-state index contributed by atoms with van der Waals surface area (Å²) in [6.45, 7) is -0.161. The number of oxazole rings is 1. The van der Waals surface area contributed by atoms with E-state index in [9.17, 15) is 19.7 Å². The number of hydrazone groups is 1. The molecule has 0 saturated carbocycles. The van der Waals surface area contributed by atoms with Crippen LogP contribution in [-0.4, -0.2) is 39.6 Å². The number of amides is 3. The molecule has 1 saturated heterocycles. The van der Waals surface area contributed by atoms with Gasteiger partial charge in [0, 0.05) is 17.7 Å². The minimum Gasteiger partial charge on any atom is -0.435 e. The van der Waals surface area contributed by atoms with E-state index in [-0.39, 0.29) is 18.1 Å². The van der Waals surface area contributed by atoms with Gasteiger partial charge in [0.05, 0.1) is 11.1 Å². The number of urea groups is 1. The Kier molecular flexibility index (Phi) is 3.55. The highest BCUT2D eigenvalue weighted by atomic mass is 16.6. The highest BCUT2D eigenvalue weighted by Gasteiger charge is 2.26. The van der Waals surface area contributed by atoms with Crippen molar-refractivity contribution in [2.75, 3.05) is 6.54 Å². The van der Waals surface area contributed by atoms with Crippen LogP contribution in [0.15, 0.2) is 40.0 Å². The molecule has 0 aliphatic carbocycles. The number of hydrogen-bond acceptors (Lipinski definition) is 7. The third kappa shape index (κ3) is 3.05. The number of nitro benzene ring substituents is 1. The number of rotatable bonds is 4.